The molecule has 1 atom stereocenters. The van der Waals surface area contributed by atoms with E-state index in [9.17, 15) is 8.42 Å². The van der Waals surface area contributed by atoms with Crippen molar-refractivity contribution in [3.63, 3.8) is 0 Å². The molecular formula is C15H18N2O2S. The molecule has 2 aromatic carbocycles. The lowest BCUT2D eigenvalue weighted by Gasteiger charge is -2.15. The summed E-state index contributed by atoms with van der Waals surface area (Å²) in [6.45, 7) is 3.81. The third-order valence-corrected chi connectivity index (χ3v) is 4.62. The van der Waals surface area contributed by atoms with Crippen LogP contribution in [0.1, 0.15) is 24.1 Å². The topological polar surface area (TPSA) is 72.2 Å². The van der Waals surface area contributed by atoms with Gasteiger partial charge in [0.1, 0.15) is 0 Å². The van der Waals surface area contributed by atoms with Gasteiger partial charge in [0.05, 0.1) is 4.90 Å². The molecule has 5 heteroatoms. The number of rotatable bonds is 4. The van der Waals surface area contributed by atoms with E-state index in [0.717, 1.165) is 11.1 Å². The fourth-order valence-corrected chi connectivity index (χ4v) is 3.19. The maximum atomic E-state index is 12.3. The summed E-state index contributed by atoms with van der Waals surface area (Å²) < 4.78 is 27.2. The normalized spacial score (nSPS) is 13.1. The molecular weight excluding hydrogens is 272 g/mol. The van der Waals surface area contributed by atoms with Gasteiger partial charge in [0.15, 0.2) is 0 Å². The number of hydrogen-bond donors (Lipinski definition) is 2. The molecule has 0 saturated carbocycles. The van der Waals surface area contributed by atoms with E-state index in [-0.39, 0.29) is 10.9 Å². The van der Waals surface area contributed by atoms with Crippen LogP contribution in [0.2, 0.25) is 0 Å². The molecule has 0 radical (unpaired) electrons. The molecule has 0 aliphatic rings. The molecule has 4 nitrogen and oxygen atoms in total. The molecule has 2 rings (SSSR count). The Morgan fingerprint density at radius 2 is 1.75 bits per heavy atom. The van der Waals surface area contributed by atoms with Crippen molar-refractivity contribution < 1.29 is 8.42 Å². The van der Waals surface area contributed by atoms with Crippen molar-refractivity contribution >= 4 is 15.7 Å². The Labute approximate surface area is 119 Å². The highest BCUT2D eigenvalue weighted by atomic mass is 32.2. The molecule has 20 heavy (non-hydrogen) atoms. The highest BCUT2D eigenvalue weighted by Crippen LogP contribution is 2.18. The van der Waals surface area contributed by atoms with E-state index in [1.807, 2.05) is 38.1 Å². The minimum Gasteiger partial charge on any atom is -0.399 e. The number of benzene rings is 2. The molecule has 0 spiro atoms. The van der Waals surface area contributed by atoms with Gasteiger partial charge in [-0.2, -0.15) is 0 Å². The van der Waals surface area contributed by atoms with E-state index in [2.05, 4.69) is 4.72 Å². The second-order valence-electron chi connectivity index (χ2n) is 4.83. The second kappa shape index (κ2) is 5.64. The number of nitrogen functional groups attached to an aromatic ring is 1. The van der Waals surface area contributed by atoms with E-state index in [0.29, 0.717) is 5.69 Å². The lowest BCUT2D eigenvalue weighted by molar-refractivity contribution is 0.567. The van der Waals surface area contributed by atoms with Crippen molar-refractivity contribution in [3.8, 4) is 0 Å². The molecule has 0 aromatic heterocycles. The summed E-state index contributed by atoms with van der Waals surface area (Å²) in [6, 6.07) is 13.7. The first-order valence-corrected chi connectivity index (χ1v) is 7.81. The number of sulfonamides is 1. The van der Waals surface area contributed by atoms with E-state index >= 15 is 0 Å². The Hall–Kier alpha value is -1.85. The Kier molecular flexibility index (Phi) is 4.11. The third-order valence-electron chi connectivity index (χ3n) is 3.08. The van der Waals surface area contributed by atoms with Gasteiger partial charge in [-0.25, -0.2) is 13.1 Å². The fraction of sp³-hybridized carbons (Fsp3) is 0.200. The fourth-order valence-electron chi connectivity index (χ4n) is 1.91. The van der Waals surface area contributed by atoms with Crippen molar-refractivity contribution in [2.24, 2.45) is 0 Å². The van der Waals surface area contributed by atoms with Gasteiger partial charge in [-0.1, -0.05) is 35.9 Å². The van der Waals surface area contributed by atoms with E-state index in [1.165, 1.54) is 12.1 Å². The molecule has 0 fully saturated rings. The van der Waals surface area contributed by atoms with Gasteiger partial charge in [-0.15, -0.1) is 0 Å². The lowest BCUT2D eigenvalue weighted by Crippen LogP contribution is -2.26. The van der Waals surface area contributed by atoms with Crippen LogP contribution < -0.4 is 10.5 Å². The van der Waals surface area contributed by atoms with Gasteiger partial charge in [-0.3, -0.25) is 0 Å². The number of aryl methyl sites for hydroxylation is 1. The summed E-state index contributed by atoms with van der Waals surface area (Å²) in [6.07, 6.45) is 0. The standard InChI is InChI=1S/C15H18N2O2S/c1-11-6-8-13(9-7-11)12(2)17-20(18,19)15-5-3-4-14(16)10-15/h3-10,12,17H,16H2,1-2H3. The Bertz CT molecular complexity index is 694. The summed E-state index contributed by atoms with van der Waals surface area (Å²) >= 11 is 0. The van der Waals surface area contributed by atoms with Gasteiger partial charge in [0, 0.05) is 11.7 Å². The van der Waals surface area contributed by atoms with Gasteiger partial charge in [0.2, 0.25) is 10.0 Å². The molecule has 0 bridgehead atoms. The molecule has 0 heterocycles. The van der Waals surface area contributed by atoms with Crippen molar-refractivity contribution in [3.05, 3.63) is 59.7 Å². The Balaban J connectivity index is 2.22. The quantitative estimate of drug-likeness (QED) is 0.850. The summed E-state index contributed by atoms with van der Waals surface area (Å²) in [7, 11) is -3.57. The van der Waals surface area contributed by atoms with Crippen LogP contribution in [0, 0.1) is 6.92 Å². The van der Waals surface area contributed by atoms with Crippen molar-refractivity contribution in [2.45, 2.75) is 24.8 Å². The average molecular weight is 290 g/mol. The average Bonchev–Trinajstić information content (AvgIpc) is 2.39. The minimum atomic E-state index is -3.57. The smallest absolute Gasteiger partial charge is 0.241 e. The van der Waals surface area contributed by atoms with Crippen LogP contribution in [0.4, 0.5) is 5.69 Å². The first-order valence-electron chi connectivity index (χ1n) is 6.33. The monoisotopic (exact) mass is 290 g/mol. The van der Waals surface area contributed by atoms with Crippen LogP contribution in [0.15, 0.2) is 53.4 Å². The van der Waals surface area contributed by atoms with Crippen molar-refractivity contribution in [1.29, 1.82) is 0 Å². The van der Waals surface area contributed by atoms with Crippen molar-refractivity contribution in [1.82, 2.24) is 4.72 Å². The van der Waals surface area contributed by atoms with Crippen LogP contribution >= 0.6 is 0 Å². The number of nitrogens with one attached hydrogen (secondary N) is 1. The molecule has 0 aliphatic carbocycles. The first kappa shape index (κ1) is 14.6. The zero-order valence-electron chi connectivity index (χ0n) is 11.5. The van der Waals surface area contributed by atoms with E-state index in [4.69, 9.17) is 5.73 Å². The zero-order valence-corrected chi connectivity index (χ0v) is 12.3. The minimum absolute atomic E-state index is 0.177. The highest BCUT2D eigenvalue weighted by molar-refractivity contribution is 7.89. The van der Waals surface area contributed by atoms with Gasteiger partial charge < -0.3 is 5.73 Å². The van der Waals surface area contributed by atoms with Crippen LogP contribution in [-0.2, 0) is 10.0 Å². The van der Waals surface area contributed by atoms with Crippen molar-refractivity contribution in [2.75, 3.05) is 5.73 Å². The van der Waals surface area contributed by atoms with Gasteiger partial charge in [-0.05, 0) is 37.6 Å². The lowest BCUT2D eigenvalue weighted by atomic mass is 10.1. The number of nitrogens with two attached hydrogens (primary N) is 1. The molecule has 0 saturated heterocycles. The number of hydrogen-bond acceptors (Lipinski definition) is 3. The second-order valence-corrected chi connectivity index (χ2v) is 6.54. The number of anilines is 1. The molecule has 0 aliphatic heterocycles. The van der Waals surface area contributed by atoms with Crippen LogP contribution in [0.3, 0.4) is 0 Å². The molecule has 2 aromatic rings. The summed E-state index contributed by atoms with van der Waals surface area (Å²) in [5.41, 5.74) is 8.11. The molecule has 1 unspecified atom stereocenters. The molecule has 106 valence electrons. The Morgan fingerprint density at radius 3 is 2.35 bits per heavy atom. The predicted octanol–water partition coefficient (Wildman–Crippen LogP) is 2.62. The van der Waals surface area contributed by atoms with E-state index < -0.39 is 10.0 Å². The largest absolute Gasteiger partial charge is 0.399 e. The third kappa shape index (κ3) is 3.37. The summed E-state index contributed by atoms with van der Waals surface area (Å²) in [5, 5.41) is 0. The summed E-state index contributed by atoms with van der Waals surface area (Å²) in [5.74, 6) is 0. The predicted molar refractivity (Wildman–Crippen MR) is 80.8 cm³/mol. The van der Waals surface area contributed by atoms with E-state index in [1.54, 1.807) is 12.1 Å². The van der Waals surface area contributed by atoms with Crippen LogP contribution in [-0.4, -0.2) is 8.42 Å². The van der Waals surface area contributed by atoms with Gasteiger partial charge in [0.25, 0.3) is 0 Å². The molecule has 3 N–H and O–H groups in total. The Morgan fingerprint density at radius 1 is 1.10 bits per heavy atom. The van der Waals surface area contributed by atoms with Gasteiger partial charge >= 0.3 is 0 Å². The zero-order chi connectivity index (χ0) is 14.8. The highest BCUT2D eigenvalue weighted by Gasteiger charge is 2.18. The SMILES string of the molecule is Cc1ccc(C(C)NS(=O)(=O)c2cccc(N)c2)cc1. The molecule has 0 amide bonds. The van der Waals surface area contributed by atoms with Crippen LogP contribution in [0.5, 0.6) is 0 Å². The maximum absolute atomic E-state index is 12.3. The first-order chi connectivity index (χ1) is 9.38. The maximum Gasteiger partial charge on any atom is 0.241 e. The summed E-state index contributed by atoms with van der Waals surface area (Å²) in [4.78, 5) is 0.177. The van der Waals surface area contributed by atoms with Crippen LogP contribution in [0.25, 0.3) is 0 Å².